The van der Waals surface area contributed by atoms with Crippen LogP contribution in [0.2, 0.25) is 0 Å². The molecule has 0 aromatic carbocycles. The topological polar surface area (TPSA) is 55.4 Å². The molecule has 0 radical (unpaired) electrons. The number of carbonyl (C=O) groups excluding carboxylic acids is 2. The maximum Gasteiger partial charge on any atom is 0.328 e. The van der Waals surface area contributed by atoms with Gasteiger partial charge < -0.3 is 10.1 Å². The third kappa shape index (κ3) is 6.09. The molecule has 17 heavy (non-hydrogen) atoms. The predicted molar refractivity (Wildman–Crippen MR) is 67.4 cm³/mol. The van der Waals surface area contributed by atoms with E-state index in [1.54, 1.807) is 6.08 Å². The highest BCUT2D eigenvalue weighted by molar-refractivity contribution is 5.85. The first kappa shape index (κ1) is 15.7. The van der Waals surface area contributed by atoms with Crippen LogP contribution >= 0.6 is 0 Å². The van der Waals surface area contributed by atoms with Crippen molar-refractivity contribution in [2.45, 2.75) is 45.6 Å². The van der Waals surface area contributed by atoms with E-state index in [0.717, 1.165) is 19.3 Å². The van der Waals surface area contributed by atoms with E-state index in [9.17, 15) is 9.59 Å². The molecule has 0 heterocycles. The van der Waals surface area contributed by atoms with Gasteiger partial charge in [-0.3, -0.25) is 4.79 Å². The normalized spacial score (nSPS) is 13.6. The lowest BCUT2D eigenvalue weighted by atomic mass is 10.0. The fourth-order valence-electron chi connectivity index (χ4n) is 1.48. The summed E-state index contributed by atoms with van der Waals surface area (Å²) in [6.07, 6.45) is 4.89. The van der Waals surface area contributed by atoms with Crippen molar-refractivity contribution in [3.63, 3.8) is 0 Å². The highest BCUT2D eigenvalue weighted by atomic mass is 16.5. The van der Waals surface area contributed by atoms with Crippen LogP contribution in [0.3, 0.4) is 0 Å². The SMILES string of the molecule is C=CC[C@H](NC(=O)C(C)CCCC)C(=O)OC. The van der Waals surface area contributed by atoms with Gasteiger partial charge in [0, 0.05) is 5.92 Å². The van der Waals surface area contributed by atoms with E-state index < -0.39 is 12.0 Å². The minimum atomic E-state index is -0.617. The zero-order chi connectivity index (χ0) is 13.3. The molecule has 2 atom stereocenters. The summed E-state index contributed by atoms with van der Waals surface area (Å²) in [6.45, 7) is 7.51. The Morgan fingerprint density at radius 3 is 2.59 bits per heavy atom. The molecule has 0 fully saturated rings. The Morgan fingerprint density at radius 2 is 2.12 bits per heavy atom. The van der Waals surface area contributed by atoms with Crippen molar-refractivity contribution in [3.05, 3.63) is 12.7 Å². The number of ether oxygens (including phenoxy) is 1. The highest BCUT2D eigenvalue weighted by Gasteiger charge is 2.22. The Balaban J connectivity index is 4.28. The summed E-state index contributed by atoms with van der Waals surface area (Å²) in [7, 11) is 1.31. The lowest BCUT2D eigenvalue weighted by Gasteiger charge is -2.17. The second kappa shape index (κ2) is 8.79. The molecule has 0 saturated heterocycles. The molecule has 0 aromatic heterocycles. The van der Waals surface area contributed by atoms with Crippen molar-refractivity contribution in [3.8, 4) is 0 Å². The molecule has 0 spiro atoms. The highest BCUT2D eigenvalue weighted by Crippen LogP contribution is 2.08. The molecule has 0 rings (SSSR count). The van der Waals surface area contributed by atoms with Crippen LogP contribution in [0.1, 0.15) is 39.5 Å². The van der Waals surface area contributed by atoms with Crippen molar-refractivity contribution in [2.24, 2.45) is 5.92 Å². The van der Waals surface area contributed by atoms with Crippen molar-refractivity contribution in [2.75, 3.05) is 7.11 Å². The molecule has 4 nitrogen and oxygen atoms in total. The summed E-state index contributed by atoms with van der Waals surface area (Å²) < 4.78 is 4.63. The second-order valence-corrected chi connectivity index (χ2v) is 4.15. The number of amides is 1. The first-order valence-electron chi connectivity index (χ1n) is 6.05. The molecule has 0 aliphatic heterocycles. The van der Waals surface area contributed by atoms with Gasteiger partial charge in [0.1, 0.15) is 6.04 Å². The number of hydrogen-bond donors (Lipinski definition) is 1. The Kier molecular flexibility index (Phi) is 8.11. The van der Waals surface area contributed by atoms with Gasteiger partial charge in [0.25, 0.3) is 0 Å². The van der Waals surface area contributed by atoms with E-state index in [-0.39, 0.29) is 11.8 Å². The molecular weight excluding hydrogens is 218 g/mol. The lowest BCUT2D eigenvalue weighted by Crippen LogP contribution is -2.43. The van der Waals surface area contributed by atoms with Crippen molar-refractivity contribution in [1.82, 2.24) is 5.32 Å². The van der Waals surface area contributed by atoms with Crippen molar-refractivity contribution < 1.29 is 14.3 Å². The molecule has 98 valence electrons. The number of unbranched alkanes of at least 4 members (excludes halogenated alkanes) is 1. The Bertz CT molecular complexity index is 263. The van der Waals surface area contributed by atoms with Crippen LogP contribution in [0.15, 0.2) is 12.7 Å². The van der Waals surface area contributed by atoms with E-state index in [2.05, 4.69) is 23.6 Å². The first-order chi connectivity index (χ1) is 8.06. The maximum absolute atomic E-state index is 11.8. The standard InChI is InChI=1S/C13H23NO3/c1-5-7-9-10(3)12(15)14-11(8-6-2)13(16)17-4/h6,10-11H,2,5,7-9H2,1,3-4H3,(H,14,15)/t10?,11-/m0/s1. The van der Waals surface area contributed by atoms with E-state index in [1.165, 1.54) is 7.11 Å². The predicted octanol–water partition coefficient (Wildman–Crippen LogP) is 2.05. The summed E-state index contributed by atoms with van der Waals surface area (Å²) in [5, 5.41) is 2.69. The van der Waals surface area contributed by atoms with Gasteiger partial charge in [0.15, 0.2) is 0 Å². The number of esters is 1. The Hall–Kier alpha value is -1.32. The average Bonchev–Trinajstić information content (AvgIpc) is 2.34. The van der Waals surface area contributed by atoms with Gasteiger partial charge in [-0.15, -0.1) is 6.58 Å². The Labute approximate surface area is 103 Å². The van der Waals surface area contributed by atoms with Crippen molar-refractivity contribution in [1.29, 1.82) is 0 Å². The molecule has 0 bridgehead atoms. The monoisotopic (exact) mass is 241 g/mol. The molecule has 4 heteroatoms. The maximum atomic E-state index is 11.8. The molecule has 1 N–H and O–H groups in total. The second-order valence-electron chi connectivity index (χ2n) is 4.15. The molecule has 1 amide bonds. The van der Waals surface area contributed by atoms with E-state index in [4.69, 9.17) is 0 Å². The van der Waals surface area contributed by atoms with Crippen LogP contribution in [0, 0.1) is 5.92 Å². The van der Waals surface area contributed by atoms with Gasteiger partial charge in [0.05, 0.1) is 7.11 Å². The van der Waals surface area contributed by atoms with Gasteiger partial charge in [-0.1, -0.05) is 32.8 Å². The molecule has 0 saturated carbocycles. The van der Waals surface area contributed by atoms with Gasteiger partial charge in [0.2, 0.25) is 5.91 Å². The zero-order valence-electron chi connectivity index (χ0n) is 11.0. The van der Waals surface area contributed by atoms with Gasteiger partial charge in [-0.2, -0.15) is 0 Å². The summed E-state index contributed by atoms with van der Waals surface area (Å²) in [5.41, 5.74) is 0. The molecular formula is C13H23NO3. The summed E-state index contributed by atoms with van der Waals surface area (Å²) in [6, 6.07) is -0.617. The number of carbonyl (C=O) groups is 2. The third-order valence-corrected chi connectivity index (χ3v) is 2.64. The minimum Gasteiger partial charge on any atom is -0.467 e. The molecule has 0 aliphatic rings. The van der Waals surface area contributed by atoms with Crippen LogP contribution in [0.5, 0.6) is 0 Å². The quantitative estimate of drug-likeness (QED) is 0.522. The number of nitrogens with one attached hydrogen (secondary N) is 1. The van der Waals surface area contributed by atoms with Crippen LogP contribution in [-0.4, -0.2) is 25.0 Å². The lowest BCUT2D eigenvalue weighted by molar-refractivity contribution is -0.145. The Morgan fingerprint density at radius 1 is 1.47 bits per heavy atom. The number of methoxy groups -OCH3 is 1. The summed E-state index contributed by atoms with van der Waals surface area (Å²) in [5.74, 6) is -0.608. The largest absolute Gasteiger partial charge is 0.467 e. The van der Waals surface area contributed by atoms with E-state index in [1.807, 2.05) is 6.92 Å². The first-order valence-corrected chi connectivity index (χ1v) is 6.05. The minimum absolute atomic E-state index is 0.0769. The summed E-state index contributed by atoms with van der Waals surface area (Å²) in [4.78, 5) is 23.2. The van der Waals surface area contributed by atoms with Crippen molar-refractivity contribution >= 4 is 11.9 Å². The van der Waals surface area contributed by atoms with Crippen LogP contribution in [0.25, 0.3) is 0 Å². The van der Waals surface area contributed by atoms with E-state index in [0.29, 0.717) is 6.42 Å². The van der Waals surface area contributed by atoms with Crippen LogP contribution in [0.4, 0.5) is 0 Å². The summed E-state index contributed by atoms with van der Waals surface area (Å²) >= 11 is 0. The van der Waals surface area contributed by atoms with E-state index >= 15 is 0 Å². The number of hydrogen-bond acceptors (Lipinski definition) is 3. The van der Waals surface area contributed by atoms with Crippen LogP contribution < -0.4 is 5.32 Å². The molecule has 0 aromatic rings. The average molecular weight is 241 g/mol. The fraction of sp³-hybridized carbons (Fsp3) is 0.692. The van der Waals surface area contributed by atoms with Gasteiger partial charge >= 0.3 is 5.97 Å². The number of rotatable bonds is 8. The fourth-order valence-corrected chi connectivity index (χ4v) is 1.48. The molecule has 0 aliphatic carbocycles. The third-order valence-electron chi connectivity index (χ3n) is 2.64. The smallest absolute Gasteiger partial charge is 0.328 e. The van der Waals surface area contributed by atoms with Gasteiger partial charge in [-0.05, 0) is 12.8 Å². The van der Waals surface area contributed by atoms with Crippen LogP contribution in [-0.2, 0) is 14.3 Å². The molecule has 1 unspecified atom stereocenters. The van der Waals surface area contributed by atoms with Gasteiger partial charge in [-0.25, -0.2) is 4.79 Å². The zero-order valence-corrected chi connectivity index (χ0v) is 11.0.